The lowest BCUT2D eigenvalue weighted by Gasteiger charge is -2.23. The molecule has 126 valence electrons. The minimum Gasteiger partial charge on any atom is -0.481 e. The lowest BCUT2D eigenvalue weighted by atomic mass is 9.92. The number of carbonyl (C=O) groups excluding carboxylic acids is 1. The second-order valence-electron chi connectivity index (χ2n) is 6.58. The Balaban J connectivity index is 1.61. The zero-order valence-electron chi connectivity index (χ0n) is 14.5. The number of fused-ring (bicyclic) bond motifs is 1. The Bertz CT molecular complexity index is 696. The average Bonchev–Trinajstić information content (AvgIpc) is 2.61. The molecule has 3 rings (SSSR count). The van der Waals surface area contributed by atoms with Gasteiger partial charge in [0.1, 0.15) is 5.75 Å². The fourth-order valence-corrected chi connectivity index (χ4v) is 3.28. The minimum absolute atomic E-state index is 0.00317. The molecule has 0 saturated carbocycles. The molecule has 3 heteroatoms. The summed E-state index contributed by atoms with van der Waals surface area (Å²) in [5.74, 6) is 0.793. The summed E-state index contributed by atoms with van der Waals surface area (Å²) in [4.78, 5) is 14.3. The normalized spacial score (nSPS) is 14.6. The predicted octanol–water partition coefficient (Wildman–Crippen LogP) is 3.99. The second-order valence-corrected chi connectivity index (χ2v) is 6.58. The van der Waals surface area contributed by atoms with Crippen LogP contribution in [0.3, 0.4) is 0 Å². The van der Waals surface area contributed by atoms with Crippen LogP contribution < -0.4 is 4.74 Å². The van der Waals surface area contributed by atoms with Crippen LogP contribution in [0.2, 0.25) is 0 Å². The molecule has 24 heavy (non-hydrogen) atoms. The molecule has 0 bridgehead atoms. The van der Waals surface area contributed by atoms with Crippen molar-refractivity contribution in [2.24, 2.45) is 0 Å². The first-order valence-electron chi connectivity index (χ1n) is 8.71. The van der Waals surface area contributed by atoms with E-state index in [2.05, 4.69) is 12.1 Å². The third-order valence-electron chi connectivity index (χ3n) is 4.62. The van der Waals surface area contributed by atoms with Gasteiger partial charge >= 0.3 is 0 Å². The quantitative estimate of drug-likeness (QED) is 0.832. The fourth-order valence-electron chi connectivity index (χ4n) is 3.28. The van der Waals surface area contributed by atoms with E-state index in [9.17, 15) is 4.79 Å². The van der Waals surface area contributed by atoms with Gasteiger partial charge in [-0.25, -0.2) is 0 Å². The van der Waals surface area contributed by atoms with E-state index >= 15 is 0 Å². The summed E-state index contributed by atoms with van der Waals surface area (Å²) in [5, 5.41) is 0. The average molecular weight is 323 g/mol. The summed E-state index contributed by atoms with van der Waals surface area (Å²) in [7, 11) is 1.82. The fraction of sp³-hybridized carbons (Fsp3) is 0.381. The van der Waals surface area contributed by atoms with Gasteiger partial charge in [-0.15, -0.1) is 0 Å². The van der Waals surface area contributed by atoms with Crippen molar-refractivity contribution in [1.29, 1.82) is 0 Å². The minimum atomic E-state index is -0.486. The van der Waals surface area contributed by atoms with Crippen LogP contribution in [0.4, 0.5) is 0 Å². The van der Waals surface area contributed by atoms with Gasteiger partial charge in [0.25, 0.3) is 5.91 Å². The number of amides is 1. The van der Waals surface area contributed by atoms with Crippen molar-refractivity contribution < 1.29 is 9.53 Å². The maximum atomic E-state index is 12.5. The van der Waals surface area contributed by atoms with E-state index in [-0.39, 0.29) is 5.91 Å². The van der Waals surface area contributed by atoms with E-state index in [4.69, 9.17) is 4.74 Å². The summed E-state index contributed by atoms with van der Waals surface area (Å²) in [6, 6.07) is 16.3. The van der Waals surface area contributed by atoms with Crippen molar-refractivity contribution in [3.63, 3.8) is 0 Å². The van der Waals surface area contributed by atoms with E-state index in [1.807, 2.05) is 50.4 Å². The molecule has 2 aromatic rings. The van der Waals surface area contributed by atoms with Crippen LogP contribution in [-0.2, 0) is 24.2 Å². The van der Waals surface area contributed by atoms with Gasteiger partial charge in [-0.2, -0.15) is 0 Å². The molecule has 0 heterocycles. The Morgan fingerprint density at radius 1 is 1.08 bits per heavy atom. The Hall–Kier alpha value is -2.29. The maximum absolute atomic E-state index is 12.5. The SMILES string of the molecule is C[C@@H](Oc1ccc2c(c1)CCCC2)C(=O)N(C)Cc1ccccc1. The van der Waals surface area contributed by atoms with Gasteiger partial charge in [-0.3, -0.25) is 4.79 Å². The standard InChI is InChI=1S/C21H25NO2/c1-16(21(23)22(2)15-17-8-4-3-5-9-17)24-20-13-12-18-10-6-7-11-19(18)14-20/h3-5,8-9,12-14,16H,6-7,10-11,15H2,1-2H3/t16-/m1/s1. The van der Waals surface area contributed by atoms with E-state index < -0.39 is 6.10 Å². The molecule has 0 saturated heterocycles. The van der Waals surface area contributed by atoms with Crippen LogP contribution in [0.15, 0.2) is 48.5 Å². The first kappa shape index (κ1) is 16.6. The highest BCUT2D eigenvalue weighted by Crippen LogP contribution is 2.26. The van der Waals surface area contributed by atoms with Crippen LogP contribution in [0.1, 0.15) is 36.5 Å². The van der Waals surface area contributed by atoms with E-state index in [0.717, 1.165) is 24.2 Å². The molecular formula is C21H25NO2. The lowest BCUT2D eigenvalue weighted by Crippen LogP contribution is -2.37. The molecular weight excluding hydrogens is 298 g/mol. The predicted molar refractivity (Wildman–Crippen MR) is 96.1 cm³/mol. The molecule has 0 aliphatic heterocycles. The van der Waals surface area contributed by atoms with Crippen molar-refractivity contribution in [2.45, 2.75) is 45.3 Å². The topological polar surface area (TPSA) is 29.5 Å². The van der Waals surface area contributed by atoms with Gasteiger partial charge in [0.2, 0.25) is 0 Å². The number of rotatable bonds is 5. The number of carbonyl (C=O) groups is 1. The number of hydrogen-bond donors (Lipinski definition) is 0. The second kappa shape index (κ2) is 7.52. The van der Waals surface area contributed by atoms with E-state index in [1.165, 1.54) is 24.0 Å². The zero-order chi connectivity index (χ0) is 16.9. The number of likely N-dealkylation sites (N-methyl/N-ethyl adjacent to an activating group) is 1. The van der Waals surface area contributed by atoms with E-state index in [0.29, 0.717) is 6.54 Å². The van der Waals surface area contributed by atoms with Gasteiger partial charge in [0, 0.05) is 13.6 Å². The summed E-state index contributed by atoms with van der Waals surface area (Å²) in [6.07, 6.45) is 4.30. The number of hydrogen-bond acceptors (Lipinski definition) is 2. The molecule has 3 nitrogen and oxygen atoms in total. The highest BCUT2D eigenvalue weighted by Gasteiger charge is 2.20. The molecule has 0 radical (unpaired) electrons. The number of ether oxygens (including phenoxy) is 1. The highest BCUT2D eigenvalue weighted by molar-refractivity contribution is 5.80. The Labute approximate surface area is 144 Å². The molecule has 1 amide bonds. The zero-order valence-corrected chi connectivity index (χ0v) is 14.5. The van der Waals surface area contributed by atoms with Crippen molar-refractivity contribution >= 4 is 5.91 Å². The van der Waals surface area contributed by atoms with Crippen molar-refractivity contribution in [3.05, 3.63) is 65.2 Å². The van der Waals surface area contributed by atoms with Crippen LogP contribution in [0.5, 0.6) is 5.75 Å². The van der Waals surface area contributed by atoms with Crippen molar-refractivity contribution in [3.8, 4) is 5.75 Å². The first-order valence-corrected chi connectivity index (χ1v) is 8.71. The molecule has 0 unspecified atom stereocenters. The van der Waals surface area contributed by atoms with Crippen LogP contribution >= 0.6 is 0 Å². The van der Waals surface area contributed by atoms with Gasteiger partial charge in [-0.1, -0.05) is 36.4 Å². The van der Waals surface area contributed by atoms with Crippen molar-refractivity contribution in [2.75, 3.05) is 7.05 Å². The summed E-state index contributed by atoms with van der Waals surface area (Å²) >= 11 is 0. The summed E-state index contributed by atoms with van der Waals surface area (Å²) in [6.45, 7) is 2.42. The first-order chi connectivity index (χ1) is 11.6. The molecule has 0 spiro atoms. The van der Waals surface area contributed by atoms with Crippen molar-refractivity contribution in [1.82, 2.24) is 4.90 Å². The Kier molecular flexibility index (Phi) is 5.19. The van der Waals surface area contributed by atoms with Crippen LogP contribution in [0, 0.1) is 0 Å². The van der Waals surface area contributed by atoms with Crippen LogP contribution in [0.25, 0.3) is 0 Å². The third-order valence-corrected chi connectivity index (χ3v) is 4.62. The number of aryl methyl sites for hydroxylation is 2. The van der Waals surface area contributed by atoms with Gasteiger partial charge in [0.15, 0.2) is 6.10 Å². The number of nitrogens with zero attached hydrogens (tertiary/aromatic N) is 1. The van der Waals surface area contributed by atoms with Gasteiger partial charge in [0.05, 0.1) is 0 Å². The molecule has 1 aliphatic carbocycles. The Morgan fingerprint density at radius 2 is 1.79 bits per heavy atom. The molecule has 0 N–H and O–H groups in total. The third kappa shape index (κ3) is 3.97. The van der Waals surface area contributed by atoms with Gasteiger partial charge < -0.3 is 9.64 Å². The Morgan fingerprint density at radius 3 is 2.54 bits per heavy atom. The monoisotopic (exact) mass is 323 g/mol. The molecule has 1 atom stereocenters. The molecule has 0 aromatic heterocycles. The van der Waals surface area contributed by atoms with Gasteiger partial charge in [-0.05, 0) is 61.4 Å². The highest BCUT2D eigenvalue weighted by atomic mass is 16.5. The lowest BCUT2D eigenvalue weighted by molar-refractivity contribution is -0.137. The summed E-state index contributed by atoms with van der Waals surface area (Å²) in [5.41, 5.74) is 3.92. The maximum Gasteiger partial charge on any atom is 0.263 e. The molecule has 1 aliphatic rings. The summed E-state index contributed by atoms with van der Waals surface area (Å²) < 4.78 is 5.91. The van der Waals surface area contributed by atoms with Crippen LogP contribution in [-0.4, -0.2) is 24.0 Å². The molecule has 2 aromatic carbocycles. The smallest absolute Gasteiger partial charge is 0.263 e. The van der Waals surface area contributed by atoms with E-state index in [1.54, 1.807) is 4.90 Å². The molecule has 0 fully saturated rings. The largest absolute Gasteiger partial charge is 0.481 e. The number of benzene rings is 2.